The predicted molar refractivity (Wildman–Crippen MR) is 86.8 cm³/mol. The van der Waals surface area contributed by atoms with Crippen molar-refractivity contribution in [2.75, 3.05) is 7.11 Å². The Hall–Kier alpha value is -1.98. The summed E-state index contributed by atoms with van der Waals surface area (Å²) in [7, 11) is 1.66. The first-order valence-corrected chi connectivity index (χ1v) is 6.96. The average molecular weight is 302 g/mol. The van der Waals surface area contributed by atoms with Gasteiger partial charge >= 0.3 is 0 Å². The summed E-state index contributed by atoms with van der Waals surface area (Å²) in [4.78, 5) is 4.66. The molecule has 0 atom stereocenters. The molecule has 1 heterocycles. The summed E-state index contributed by atoms with van der Waals surface area (Å²) >= 11 is 5.10. The van der Waals surface area contributed by atoms with E-state index in [4.69, 9.17) is 27.4 Å². The topological polar surface area (TPSA) is 57.4 Å². The minimum Gasteiger partial charge on any atom is -0.456 e. The van der Waals surface area contributed by atoms with Gasteiger partial charge in [0.15, 0.2) is 0 Å². The zero-order chi connectivity index (χ0) is 15.4. The largest absolute Gasteiger partial charge is 0.456 e. The number of aryl methyl sites for hydroxylation is 2. The Labute approximate surface area is 129 Å². The monoisotopic (exact) mass is 302 g/mol. The summed E-state index contributed by atoms with van der Waals surface area (Å²) in [6, 6.07) is 9.55. The van der Waals surface area contributed by atoms with Crippen LogP contribution in [0.1, 0.15) is 22.5 Å². The number of rotatable bonds is 5. The van der Waals surface area contributed by atoms with Gasteiger partial charge in [-0.05, 0) is 31.5 Å². The van der Waals surface area contributed by atoms with E-state index in [0.29, 0.717) is 23.7 Å². The Kier molecular flexibility index (Phi) is 4.88. The number of hydrogen-bond donors (Lipinski definition) is 1. The number of hydrogen-bond acceptors (Lipinski definition) is 4. The molecular weight excluding hydrogens is 284 g/mol. The van der Waals surface area contributed by atoms with Gasteiger partial charge in [0.05, 0.1) is 17.9 Å². The molecule has 4 nitrogen and oxygen atoms in total. The number of aromatic nitrogens is 1. The molecule has 0 unspecified atom stereocenters. The van der Waals surface area contributed by atoms with Crippen molar-refractivity contribution in [2.24, 2.45) is 5.73 Å². The SMILES string of the molecule is COCc1cccc(Oc2cc(C)nc(C)c2C(N)=S)c1. The number of thiocarbonyl (C=S) groups is 1. The fourth-order valence-electron chi connectivity index (χ4n) is 2.17. The number of nitrogens with two attached hydrogens (primary N) is 1. The molecule has 0 aliphatic rings. The Morgan fingerprint density at radius 3 is 2.71 bits per heavy atom. The first-order chi connectivity index (χ1) is 10.0. The Morgan fingerprint density at radius 2 is 2.05 bits per heavy atom. The molecule has 2 aromatic rings. The van der Waals surface area contributed by atoms with Crippen molar-refractivity contribution >= 4 is 17.2 Å². The maximum Gasteiger partial charge on any atom is 0.141 e. The molecule has 2 rings (SSSR count). The second kappa shape index (κ2) is 6.65. The Balaban J connectivity index is 2.39. The zero-order valence-corrected chi connectivity index (χ0v) is 13.2. The van der Waals surface area contributed by atoms with E-state index < -0.39 is 0 Å². The molecule has 0 aliphatic heterocycles. The molecule has 0 radical (unpaired) electrons. The van der Waals surface area contributed by atoms with Gasteiger partial charge in [-0.15, -0.1) is 0 Å². The van der Waals surface area contributed by atoms with Crippen LogP contribution in [0, 0.1) is 13.8 Å². The molecular formula is C16H18N2O2S. The third-order valence-electron chi connectivity index (χ3n) is 2.98. The fraction of sp³-hybridized carbons (Fsp3) is 0.250. The minimum atomic E-state index is 0.281. The molecule has 0 bridgehead atoms. The molecule has 0 fully saturated rings. The quantitative estimate of drug-likeness (QED) is 0.859. The third-order valence-corrected chi connectivity index (χ3v) is 3.18. The second-order valence-corrected chi connectivity index (χ2v) is 5.21. The van der Waals surface area contributed by atoms with E-state index in [1.807, 2.05) is 44.2 Å². The highest BCUT2D eigenvalue weighted by Crippen LogP contribution is 2.28. The van der Waals surface area contributed by atoms with Crippen LogP contribution in [0.4, 0.5) is 0 Å². The van der Waals surface area contributed by atoms with E-state index in [-0.39, 0.29) is 4.99 Å². The van der Waals surface area contributed by atoms with Crippen molar-refractivity contribution in [2.45, 2.75) is 20.5 Å². The van der Waals surface area contributed by atoms with Crippen LogP contribution in [-0.2, 0) is 11.3 Å². The van der Waals surface area contributed by atoms with E-state index >= 15 is 0 Å². The second-order valence-electron chi connectivity index (χ2n) is 4.77. The van der Waals surface area contributed by atoms with E-state index in [1.165, 1.54) is 0 Å². The van der Waals surface area contributed by atoms with Crippen molar-refractivity contribution < 1.29 is 9.47 Å². The van der Waals surface area contributed by atoms with Crippen LogP contribution in [0.5, 0.6) is 11.5 Å². The molecule has 2 N–H and O–H groups in total. The molecule has 1 aromatic carbocycles. The fourth-order valence-corrected chi connectivity index (χ4v) is 2.41. The number of ether oxygens (including phenoxy) is 2. The maximum atomic E-state index is 5.96. The highest BCUT2D eigenvalue weighted by molar-refractivity contribution is 7.80. The summed E-state index contributed by atoms with van der Waals surface area (Å²) in [6.45, 7) is 4.31. The molecule has 0 amide bonds. The van der Waals surface area contributed by atoms with Gasteiger partial charge in [0, 0.05) is 18.9 Å². The lowest BCUT2D eigenvalue weighted by atomic mass is 10.1. The van der Waals surface area contributed by atoms with Crippen LogP contribution in [0.2, 0.25) is 0 Å². The summed E-state index contributed by atoms with van der Waals surface area (Å²) in [5.74, 6) is 1.34. The van der Waals surface area contributed by atoms with Gasteiger partial charge in [-0.3, -0.25) is 4.98 Å². The van der Waals surface area contributed by atoms with Gasteiger partial charge < -0.3 is 15.2 Å². The van der Waals surface area contributed by atoms with Gasteiger partial charge in [-0.2, -0.15) is 0 Å². The summed E-state index contributed by atoms with van der Waals surface area (Å²) < 4.78 is 11.1. The van der Waals surface area contributed by atoms with Crippen LogP contribution >= 0.6 is 12.2 Å². The van der Waals surface area contributed by atoms with Crippen molar-refractivity contribution in [3.8, 4) is 11.5 Å². The lowest BCUT2D eigenvalue weighted by Crippen LogP contribution is -2.14. The number of pyridine rings is 1. The highest BCUT2D eigenvalue weighted by atomic mass is 32.1. The molecule has 21 heavy (non-hydrogen) atoms. The minimum absolute atomic E-state index is 0.281. The van der Waals surface area contributed by atoms with Crippen LogP contribution < -0.4 is 10.5 Å². The average Bonchev–Trinajstić information content (AvgIpc) is 2.38. The zero-order valence-electron chi connectivity index (χ0n) is 12.3. The maximum absolute atomic E-state index is 5.96. The van der Waals surface area contributed by atoms with Gasteiger partial charge in [-0.1, -0.05) is 24.4 Å². The summed E-state index contributed by atoms with van der Waals surface area (Å²) in [6.07, 6.45) is 0. The van der Waals surface area contributed by atoms with E-state index in [2.05, 4.69) is 4.98 Å². The first-order valence-electron chi connectivity index (χ1n) is 6.55. The van der Waals surface area contributed by atoms with Gasteiger partial charge in [0.2, 0.25) is 0 Å². The van der Waals surface area contributed by atoms with Crippen molar-refractivity contribution in [1.29, 1.82) is 0 Å². The summed E-state index contributed by atoms with van der Waals surface area (Å²) in [5, 5.41) is 0. The molecule has 0 aliphatic carbocycles. The Bertz CT molecular complexity index is 671. The van der Waals surface area contributed by atoms with E-state index in [0.717, 1.165) is 17.0 Å². The van der Waals surface area contributed by atoms with Crippen molar-refractivity contribution in [3.05, 3.63) is 52.8 Å². The standard InChI is InChI=1S/C16H18N2O2S/c1-10-7-14(15(16(17)21)11(2)18-10)20-13-6-4-5-12(8-13)9-19-3/h4-8H,9H2,1-3H3,(H2,17,21). The normalized spacial score (nSPS) is 10.4. The third kappa shape index (κ3) is 3.77. The Morgan fingerprint density at radius 1 is 1.29 bits per heavy atom. The van der Waals surface area contributed by atoms with Crippen LogP contribution in [0.3, 0.4) is 0 Å². The van der Waals surface area contributed by atoms with Crippen molar-refractivity contribution in [1.82, 2.24) is 4.98 Å². The molecule has 0 saturated heterocycles. The number of benzene rings is 1. The number of nitrogens with zero attached hydrogens (tertiary/aromatic N) is 1. The lowest BCUT2D eigenvalue weighted by molar-refractivity contribution is 0.184. The van der Waals surface area contributed by atoms with E-state index in [1.54, 1.807) is 7.11 Å². The van der Waals surface area contributed by atoms with Crippen LogP contribution in [0.25, 0.3) is 0 Å². The van der Waals surface area contributed by atoms with E-state index in [9.17, 15) is 0 Å². The predicted octanol–water partition coefficient (Wildman–Crippen LogP) is 3.27. The van der Waals surface area contributed by atoms with Gasteiger partial charge in [0.1, 0.15) is 16.5 Å². The summed E-state index contributed by atoms with van der Waals surface area (Å²) in [5.41, 5.74) is 9.12. The lowest BCUT2D eigenvalue weighted by Gasteiger charge is -2.14. The first kappa shape index (κ1) is 15.4. The molecule has 1 aromatic heterocycles. The van der Waals surface area contributed by atoms with Crippen molar-refractivity contribution in [3.63, 3.8) is 0 Å². The molecule has 0 saturated carbocycles. The molecule has 110 valence electrons. The van der Waals surface area contributed by atoms with Crippen LogP contribution in [-0.4, -0.2) is 17.1 Å². The van der Waals surface area contributed by atoms with Gasteiger partial charge in [0.25, 0.3) is 0 Å². The highest BCUT2D eigenvalue weighted by Gasteiger charge is 2.13. The van der Waals surface area contributed by atoms with Crippen LogP contribution in [0.15, 0.2) is 30.3 Å². The number of methoxy groups -OCH3 is 1. The van der Waals surface area contributed by atoms with Gasteiger partial charge in [-0.25, -0.2) is 0 Å². The molecule has 0 spiro atoms. The molecule has 5 heteroatoms. The smallest absolute Gasteiger partial charge is 0.141 e.